The molecule has 2 N–H and O–H groups in total. The van der Waals surface area contributed by atoms with Gasteiger partial charge in [0.25, 0.3) is 0 Å². The van der Waals surface area contributed by atoms with Crippen molar-refractivity contribution in [2.24, 2.45) is 0 Å². The van der Waals surface area contributed by atoms with Crippen LogP contribution in [0.25, 0.3) is 11.0 Å². The van der Waals surface area contributed by atoms with Crippen LogP contribution in [0.2, 0.25) is 0 Å². The van der Waals surface area contributed by atoms with Gasteiger partial charge in [-0.05, 0) is 44.4 Å². The average Bonchev–Trinajstić information content (AvgIpc) is 3.05. The van der Waals surface area contributed by atoms with Crippen LogP contribution < -0.4 is 5.63 Å². The molecule has 7 heteroatoms. The van der Waals surface area contributed by atoms with Gasteiger partial charge in [0, 0.05) is 17.5 Å². The predicted molar refractivity (Wildman–Crippen MR) is 89.7 cm³/mol. The summed E-state index contributed by atoms with van der Waals surface area (Å²) < 4.78 is 5.32. The standard InChI is InChI=1S/C18H19NO6/c1-9-11-5-6-14(20)10(2)16(11)25-18(24)12(9)8-15(21)19-7-3-4-13(19)17(22)23/h5-6,13,20H,3-4,7-8H2,1-2H3,(H,22,23). The summed E-state index contributed by atoms with van der Waals surface area (Å²) in [5.41, 5.74) is 0.940. The van der Waals surface area contributed by atoms with Crippen molar-refractivity contribution < 1.29 is 24.2 Å². The molecule has 2 aromatic rings. The van der Waals surface area contributed by atoms with Crippen molar-refractivity contribution >= 4 is 22.8 Å². The number of benzene rings is 1. The minimum atomic E-state index is -1.03. The van der Waals surface area contributed by atoms with E-state index in [2.05, 4.69) is 0 Å². The molecule has 0 radical (unpaired) electrons. The first-order valence-electron chi connectivity index (χ1n) is 8.08. The number of carboxylic acid groups (broad SMARTS) is 1. The van der Waals surface area contributed by atoms with Crippen LogP contribution in [0.5, 0.6) is 5.75 Å². The average molecular weight is 345 g/mol. The molecule has 1 amide bonds. The van der Waals surface area contributed by atoms with Crippen LogP contribution in [0.15, 0.2) is 21.3 Å². The monoisotopic (exact) mass is 345 g/mol. The molecule has 0 aliphatic carbocycles. The number of likely N-dealkylation sites (tertiary alicyclic amines) is 1. The predicted octanol–water partition coefficient (Wildman–Crippen LogP) is 1.73. The van der Waals surface area contributed by atoms with E-state index in [0.717, 1.165) is 0 Å². The third-order valence-corrected chi connectivity index (χ3v) is 4.86. The van der Waals surface area contributed by atoms with Crippen molar-refractivity contribution in [1.29, 1.82) is 0 Å². The molecule has 1 aromatic heterocycles. The number of phenolic OH excluding ortho intramolecular Hbond substituents is 1. The lowest BCUT2D eigenvalue weighted by atomic mass is 10.0. The number of hydrogen-bond donors (Lipinski definition) is 2. The second kappa shape index (κ2) is 6.23. The fraction of sp³-hybridized carbons (Fsp3) is 0.389. The third-order valence-electron chi connectivity index (χ3n) is 4.86. The molecule has 1 unspecified atom stereocenters. The molecule has 1 aromatic carbocycles. The van der Waals surface area contributed by atoms with E-state index >= 15 is 0 Å². The van der Waals surface area contributed by atoms with Gasteiger partial charge in [-0.15, -0.1) is 0 Å². The Morgan fingerprint density at radius 2 is 2.00 bits per heavy atom. The zero-order chi connectivity index (χ0) is 18.3. The lowest BCUT2D eigenvalue weighted by Crippen LogP contribution is -2.41. The second-order valence-corrected chi connectivity index (χ2v) is 6.34. The Labute approximate surface area is 143 Å². The Balaban J connectivity index is 1.99. The van der Waals surface area contributed by atoms with Crippen molar-refractivity contribution in [1.82, 2.24) is 4.90 Å². The minimum Gasteiger partial charge on any atom is -0.508 e. The highest BCUT2D eigenvalue weighted by atomic mass is 16.4. The topological polar surface area (TPSA) is 108 Å². The number of aromatic hydroxyl groups is 1. The molecule has 1 aliphatic rings. The summed E-state index contributed by atoms with van der Waals surface area (Å²) in [6.45, 7) is 3.74. The molecule has 25 heavy (non-hydrogen) atoms. The summed E-state index contributed by atoms with van der Waals surface area (Å²) in [6, 6.07) is 2.32. The van der Waals surface area contributed by atoms with Crippen molar-refractivity contribution in [3.63, 3.8) is 0 Å². The van der Waals surface area contributed by atoms with Gasteiger partial charge >= 0.3 is 11.6 Å². The van der Waals surface area contributed by atoms with Gasteiger partial charge in [0.2, 0.25) is 5.91 Å². The molecule has 0 saturated carbocycles. The fourth-order valence-corrected chi connectivity index (χ4v) is 3.36. The number of carbonyl (C=O) groups excluding carboxylic acids is 1. The summed E-state index contributed by atoms with van der Waals surface area (Å²) >= 11 is 0. The molecule has 0 bridgehead atoms. The van der Waals surface area contributed by atoms with Gasteiger partial charge < -0.3 is 19.5 Å². The number of fused-ring (bicyclic) bond motifs is 1. The zero-order valence-electron chi connectivity index (χ0n) is 14.0. The van der Waals surface area contributed by atoms with Crippen LogP contribution in [-0.2, 0) is 16.0 Å². The van der Waals surface area contributed by atoms with E-state index in [1.807, 2.05) is 0 Å². The molecule has 1 aliphatic heterocycles. The van der Waals surface area contributed by atoms with Crippen LogP contribution in [0.1, 0.15) is 29.5 Å². The van der Waals surface area contributed by atoms with Gasteiger partial charge in [0.15, 0.2) is 0 Å². The number of carboxylic acids is 1. The molecule has 7 nitrogen and oxygen atoms in total. The van der Waals surface area contributed by atoms with E-state index in [1.54, 1.807) is 19.9 Å². The summed E-state index contributed by atoms with van der Waals surface area (Å²) in [7, 11) is 0. The van der Waals surface area contributed by atoms with Gasteiger partial charge in [-0.3, -0.25) is 4.79 Å². The van der Waals surface area contributed by atoms with Crippen molar-refractivity contribution in [2.45, 2.75) is 39.2 Å². The normalized spacial score (nSPS) is 17.2. The summed E-state index contributed by atoms with van der Waals surface area (Å²) in [5.74, 6) is -1.39. The first-order valence-corrected chi connectivity index (χ1v) is 8.08. The van der Waals surface area contributed by atoms with Crippen LogP contribution in [0.4, 0.5) is 0 Å². The SMILES string of the molecule is Cc1c(CC(=O)N2CCCC2C(=O)O)c(=O)oc2c(C)c(O)ccc12. The molecule has 132 valence electrons. The maximum absolute atomic E-state index is 12.5. The number of hydrogen-bond acceptors (Lipinski definition) is 5. The number of nitrogens with zero attached hydrogens (tertiary/aromatic N) is 1. The van der Waals surface area contributed by atoms with Gasteiger partial charge in [0.05, 0.1) is 12.0 Å². The highest BCUT2D eigenvalue weighted by Crippen LogP contribution is 2.29. The van der Waals surface area contributed by atoms with E-state index < -0.39 is 23.5 Å². The molecule has 1 atom stereocenters. The van der Waals surface area contributed by atoms with Crippen molar-refractivity contribution in [3.05, 3.63) is 39.2 Å². The number of aryl methyl sites for hydroxylation is 2. The van der Waals surface area contributed by atoms with Crippen LogP contribution in [-0.4, -0.2) is 39.6 Å². The number of phenols is 1. The maximum Gasteiger partial charge on any atom is 0.340 e. The summed E-state index contributed by atoms with van der Waals surface area (Å²) in [4.78, 5) is 37.4. The Morgan fingerprint density at radius 1 is 1.28 bits per heavy atom. The summed E-state index contributed by atoms with van der Waals surface area (Å²) in [6.07, 6.45) is 0.852. The number of carbonyl (C=O) groups is 2. The molecular weight excluding hydrogens is 326 g/mol. The van der Waals surface area contributed by atoms with Crippen LogP contribution >= 0.6 is 0 Å². The molecule has 1 saturated heterocycles. The number of aliphatic carboxylic acids is 1. The van der Waals surface area contributed by atoms with Crippen molar-refractivity contribution in [3.8, 4) is 5.75 Å². The molecule has 3 rings (SSSR count). The quantitative estimate of drug-likeness (QED) is 0.820. The first-order chi connectivity index (χ1) is 11.8. The smallest absolute Gasteiger partial charge is 0.340 e. The largest absolute Gasteiger partial charge is 0.508 e. The molecule has 2 heterocycles. The van der Waals surface area contributed by atoms with E-state index in [0.29, 0.717) is 41.5 Å². The Morgan fingerprint density at radius 3 is 2.68 bits per heavy atom. The molecular formula is C18H19NO6. The van der Waals surface area contributed by atoms with Gasteiger partial charge in [-0.1, -0.05) is 0 Å². The van der Waals surface area contributed by atoms with Crippen LogP contribution in [0.3, 0.4) is 0 Å². The minimum absolute atomic E-state index is 0.0280. The van der Waals surface area contributed by atoms with E-state index in [9.17, 15) is 24.6 Å². The van der Waals surface area contributed by atoms with Gasteiger partial charge in [-0.25, -0.2) is 9.59 Å². The molecule has 0 spiro atoms. The zero-order valence-corrected chi connectivity index (χ0v) is 14.0. The van der Waals surface area contributed by atoms with Gasteiger partial charge in [0.1, 0.15) is 17.4 Å². The second-order valence-electron chi connectivity index (χ2n) is 6.34. The lowest BCUT2D eigenvalue weighted by molar-refractivity contribution is -0.148. The third kappa shape index (κ3) is 2.86. The highest BCUT2D eigenvalue weighted by molar-refractivity contribution is 5.89. The summed E-state index contributed by atoms with van der Waals surface area (Å²) in [5, 5.41) is 19.6. The van der Waals surface area contributed by atoms with E-state index in [1.165, 1.54) is 11.0 Å². The Bertz CT molecular complexity index is 929. The lowest BCUT2D eigenvalue weighted by Gasteiger charge is -2.21. The Hall–Kier alpha value is -2.83. The van der Waals surface area contributed by atoms with Crippen molar-refractivity contribution in [2.75, 3.05) is 6.54 Å². The first kappa shape index (κ1) is 17.0. The van der Waals surface area contributed by atoms with Crippen LogP contribution in [0, 0.1) is 13.8 Å². The van der Waals surface area contributed by atoms with E-state index in [-0.39, 0.29) is 17.7 Å². The van der Waals surface area contributed by atoms with E-state index in [4.69, 9.17) is 4.42 Å². The Kier molecular flexibility index (Phi) is 4.24. The maximum atomic E-state index is 12.5. The number of rotatable bonds is 3. The molecule has 1 fully saturated rings. The fourth-order valence-electron chi connectivity index (χ4n) is 3.36. The number of amides is 1. The highest BCUT2D eigenvalue weighted by Gasteiger charge is 2.34. The van der Waals surface area contributed by atoms with Gasteiger partial charge in [-0.2, -0.15) is 0 Å².